The minimum absolute atomic E-state index is 1.04. The number of thiazole rings is 1. The molecule has 0 unspecified atom stereocenters. The van der Waals surface area contributed by atoms with Gasteiger partial charge in [-0.2, -0.15) is 0 Å². The van der Waals surface area contributed by atoms with E-state index in [-0.39, 0.29) is 0 Å². The van der Waals surface area contributed by atoms with Crippen molar-refractivity contribution in [1.29, 1.82) is 0 Å². The highest BCUT2D eigenvalue weighted by atomic mass is 32.1. The molecule has 95 valence electrons. The Morgan fingerprint density at radius 1 is 1.11 bits per heavy atom. The van der Waals surface area contributed by atoms with Gasteiger partial charge in [0.2, 0.25) is 0 Å². The van der Waals surface area contributed by atoms with Crippen LogP contribution in [0.2, 0.25) is 0 Å². The van der Waals surface area contributed by atoms with Gasteiger partial charge in [0, 0.05) is 0 Å². The van der Waals surface area contributed by atoms with Crippen LogP contribution in [0.4, 0.5) is 0 Å². The molecule has 0 aliphatic heterocycles. The minimum atomic E-state index is 1.04. The molecule has 1 nitrogen and oxygen atoms in total. The number of aryl methyl sites for hydroxylation is 2. The van der Waals surface area contributed by atoms with Gasteiger partial charge in [-0.1, -0.05) is 56.5 Å². The predicted octanol–water partition coefficient (Wildman–Crippen LogP) is 5.06. The number of hydrogen-bond acceptors (Lipinski definition) is 2. The third-order valence-electron chi connectivity index (χ3n) is 3.00. The third kappa shape index (κ3) is 3.42. The van der Waals surface area contributed by atoms with Crippen LogP contribution in [0.15, 0.2) is 30.3 Å². The fourth-order valence-electron chi connectivity index (χ4n) is 2.10. The SMILES string of the molecule is [CH2]CCCCCc1nc(C)sc1-c1ccccc1. The molecule has 2 aromatic rings. The smallest absolute Gasteiger partial charge is 0.0903 e. The van der Waals surface area contributed by atoms with E-state index in [1.54, 1.807) is 0 Å². The van der Waals surface area contributed by atoms with Gasteiger partial charge in [-0.25, -0.2) is 4.98 Å². The summed E-state index contributed by atoms with van der Waals surface area (Å²) >= 11 is 1.81. The molecule has 0 fully saturated rings. The van der Waals surface area contributed by atoms with E-state index in [2.05, 4.69) is 49.2 Å². The lowest BCUT2D eigenvalue weighted by atomic mass is 10.1. The summed E-state index contributed by atoms with van der Waals surface area (Å²) in [5.74, 6) is 0. The second-order valence-electron chi connectivity index (χ2n) is 4.54. The standard InChI is InChI=1S/C16H20NS/c1-3-4-5-9-12-15-16(18-13(2)17-15)14-10-7-6-8-11-14/h6-8,10-11H,1,3-5,9,12H2,2H3. The average molecular weight is 258 g/mol. The fourth-order valence-corrected chi connectivity index (χ4v) is 3.07. The first-order chi connectivity index (χ1) is 8.81. The number of nitrogens with zero attached hydrogens (tertiary/aromatic N) is 1. The van der Waals surface area contributed by atoms with Gasteiger partial charge >= 0.3 is 0 Å². The molecular formula is C16H20NS. The number of hydrogen-bond donors (Lipinski definition) is 0. The zero-order valence-electron chi connectivity index (χ0n) is 11.0. The van der Waals surface area contributed by atoms with Crippen molar-refractivity contribution in [2.75, 3.05) is 0 Å². The first kappa shape index (κ1) is 13.3. The molecule has 1 aromatic carbocycles. The first-order valence-corrected chi connectivity index (χ1v) is 7.44. The van der Waals surface area contributed by atoms with E-state index in [4.69, 9.17) is 0 Å². The number of unbranched alkanes of at least 4 members (excludes halogenated alkanes) is 3. The van der Waals surface area contributed by atoms with Crippen molar-refractivity contribution in [3.05, 3.63) is 48.0 Å². The molecule has 0 spiro atoms. The van der Waals surface area contributed by atoms with Crippen molar-refractivity contribution in [3.8, 4) is 10.4 Å². The van der Waals surface area contributed by atoms with Gasteiger partial charge < -0.3 is 0 Å². The van der Waals surface area contributed by atoms with Crippen molar-refractivity contribution < 1.29 is 0 Å². The van der Waals surface area contributed by atoms with Crippen LogP contribution in [0, 0.1) is 13.8 Å². The molecule has 0 bridgehead atoms. The Morgan fingerprint density at radius 3 is 2.61 bits per heavy atom. The zero-order chi connectivity index (χ0) is 12.8. The molecule has 0 saturated carbocycles. The molecule has 1 heterocycles. The van der Waals surface area contributed by atoms with Crippen LogP contribution in [0.25, 0.3) is 10.4 Å². The highest BCUT2D eigenvalue weighted by Crippen LogP contribution is 2.30. The number of benzene rings is 1. The lowest BCUT2D eigenvalue weighted by Crippen LogP contribution is -1.89. The van der Waals surface area contributed by atoms with Gasteiger partial charge in [0.05, 0.1) is 15.6 Å². The third-order valence-corrected chi connectivity index (χ3v) is 4.07. The molecule has 0 N–H and O–H groups in total. The Kier molecular flexibility index (Phi) is 4.94. The maximum absolute atomic E-state index is 4.69. The summed E-state index contributed by atoms with van der Waals surface area (Å²) in [5, 5.41) is 1.17. The predicted molar refractivity (Wildman–Crippen MR) is 79.8 cm³/mol. The molecule has 2 rings (SSSR count). The molecule has 0 atom stereocenters. The summed E-state index contributed by atoms with van der Waals surface area (Å²) in [4.78, 5) is 6.04. The molecule has 0 aliphatic carbocycles. The quantitative estimate of drug-likeness (QED) is 0.660. The number of rotatable bonds is 6. The molecule has 2 heteroatoms. The maximum Gasteiger partial charge on any atom is 0.0903 e. The van der Waals surface area contributed by atoms with Crippen LogP contribution >= 0.6 is 11.3 Å². The summed E-state index contributed by atoms with van der Waals surface area (Å²) < 4.78 is 0. The molecule has 0 saturated heterocycles. The van der Waals surface area contributed by atoms with Crippen LogP contribution in [-0.4, -0.2) is 4.98 Å². The van der Waals surface area contributed by atoms with Crippen LogP contribution in [-0.2, 0) is 6.42 Å². The van der Waals surface area contributed by atoms with Crippen molar-refractivity contribution in [2.24, 2.45) is 0 Å². The van der Waals surface area contributed by atoms with Crippen molar-refractivity contribution in [1.82, 2.24) is 4.98 Å². The molecule has 0 aliphatic rings. The van der Waals surface area contributed by atoms with Gasteiger partial charge in [-0.05, 0) is 25.3 Å². The van der Waals surface area contributed by atoms with E-state index in [1.165, 1.54) is 40.4 Å². The van der Waals surface area contributed by atoms with Crippen molar-refractivity contribution in [3.63, 3.8) is 0 Å². The zero-order valence-corrected chi connectivity index (χ0v) is 11.8. The lowest BCUT2D eigenvalue weighted by Gasteiger charge is -2.02. The van der Waals surface area contributed by atoms with Crippen LogP contribution in [0.3, 0.4) is 0 Å². The summed E-state index contributed by atoms with van der Waals surface area (Å²) in [5.41, 5.74) is 2.57. The summed E-state index contributed by atoms with van der Waals surface area (Å²) in [6.45, 7) is 5.98. The van der Waals surface area contributed by atoms with Gasteiger partial charge in [0.25, 0.3) is 0 Å². The lowest BCUT2D eigenvalue weighted by molar-refractivity contribution is 0.680. The van der Waals surface area contributed by atoms with E-state index in [1.807, 2.05) is 11.3 Å². The van der Waals surface area contributed by atoms with Gasteiger partial charge in [0.1, 0.15) is 0 Å². The Hall–Kier alpha value is -1.15. The average Bonchev–Trinajstić information content (AvgIpc) is 2.77. The maximum atomic E-state index is 4.69. The number of aromatic nitrogens is 1. The first-order valence-electron chi connectivity index (χ1n) is 6.62. The van der Waals surface area contributed by atoms with Crippen LogP contribution < -0.4 is 0 Å². The second kappa shape index (κ2) is 6.69. The van der Waals surface area contributed by atoms with Gasteiger partial charge in [-0.15, -0.1) is 11.3 Å². The molecule has 1 radical (unpaired) electrons. The Bertz CT molecular complexity index is 473. The minimum Gasteiger partial charge on any atom is -0.246 e. The summed E-state index contributed by atoms with van der Waals surface area (Å²) in [6, 6.07) is 10.6. The fraction of sp³-hybridized carbons (Fsp3) is 0.375. The normalized spacial score (nSPS) is 10.8. The Morgan fingerprint density at radius 2 is 1.89 bits per heavy atom. The van der Waals surface area contributed by atoms with E-state index in [9.17, 15) is 0 Å². The van der Waals surface area contributed by atoms with E-state index in [0.29, 0.717) is 0 Å². The molecule has 1 aromatic heterocycles. The van der Waals surface area contributed by atoms with Gasteiger partial charge in [-0.3, -0.25) is 0 Å². The largest absolute Gasteiger partial charge is 0.246 e. The monoisotopic (exact) mass is 258 g/mol. The molecular weight excluding hydrogens is 238 g/mol. The van der Waals surface area contributed by atoms with E-state index < -0.39 is 0 Å². The second-order valence-corrected chi connectivity index (χ2v) is 5.74. The van der Waals surface area contributed by atoms with E-state index in [0.717, 1.165) is 12.8 Å². The molecule has 18 heavy (non-hydrogen) atoms. The molecule has 0 amide bonds. The van der Waals surface area contributed by atoms with Gasteiger partial charge in [0.15, 0.2) is 0 Å². The van der Waals surface area contributed by atoms with Crippen LogP contribution in [0.1, 0.15) is 36.4 Å². The summed E-state index contributed by atoms with van der Waals surface area (Å²) in [7, 11) is 0. The Labute approximate surface area is 114 Å². The highest BCUT2D eigenvalue weighted by molar-refractivity contribution is 7.15. The van der Waals surface area contributed by atoms with Crippen LogP contribution in [0.5, 0.6) is 0 Å². The summed E-state index contributed by atoms with van der Waals surface area (Å²) in [6.07, 6.45) is 5.84. The van der Waals surface area contributed by atoms with Crippen molar-refractivity contribution in [2.45, 2.75) is 39.0 Å². The highest BCUT2D eigenvalue weighted by Gasteiger charge is 2.10. The Balaban J connectivity index is 2.11. The van der Waals surface area contributed by atoms with Crippen molar-refractivity contribution >= 4 is 11.3 Å². The topological polar surface area (TPSA) is 12.9 Å². The van der Waals surface area contributed by atoms with E-state index >= 15 is 0 Å².